The van der Waals surface area contributed by atoms with Crippen LogP contribution in [-0.2, 0) is 11.2 Å². The average Bonchev–Trinajstić information content (AvgIpc) is 2.82. The highest BCUT2D eigenvalue weighted by atomic mass is 19.1. The van der Waals surface area contributed by atoms with Gasteiger partial charge in [0, 0.05) is 18.5 Å². The summed E-state index contributed by atoms with van der Waals surface area (Å²) in [6.07, 6.45) is 1.52. The van der Waals surface area contributed by atoms with Gasteiger partial charge in [-0.05, 0) is 44.0 Å². The summed E-state index contributed by atoms with van der Waals surface area (Å²) in [5.41, 5.74) is 9.92. The second-order valence-electron chi connectivity index (χ2n) is 5.82. The molecule has 2 N–H and O–H groups in total. The van der Waals surface area contributed by atoms with Gasteiger partial charge in [-0.1, -0.05) is 0 Å². The van der Waals surface area contributed by atoms with Gasteiger partial charge in [0.25, 0.3) is 0 Å². The first kappa shape index (κ1) is 14.6. The van der Waals surface area contributed by atoms with Crippen LogP contribution in [0, 0.1) is 19.7 Å². The molecule has 0 aliphatic carbocycles. The maximum Gasteiger partial charge on any atom is 0.210 e. The number of hydrogen-bond donors (Lipinski definition) is 1. The number of rotatable bonds is 2. The van der Waals surface area contributed by atoms with Crippen LogP contribution in [0.15, 0.2) is 12.1 Å². The second-order valence-corrected chi connectivity index (χ2v) is 5.82. The molecule has 5 nitrogen and oxygen atoms in total. The Morgan fingerprint density at radius 1 is 1.36 bits per heavy atom. The zero-order valence-corrected chi connectivity index (χ0v) is 12.9. The molecule has 0 saturated heterocycles. The molecule has 116 valence electrons. The largest absolute Gasteiger partial charge is 0.383 e. The molecule has 1 aliphatic heterocycles. The summed E-state index contributed by atoms with van der Waals surface area (Å²) in [6, 6.07) is 3.37. The third-order valence-corrected chi connectivity index (χ3v) is 4.36. The molecule has 6 heteroatoms. The third kappa shape index (κ3) is 2.06. The Morgan fingerprint density at radius 3 is 2.59 bits per heavy atom. The highest BCUT2D eigenvalue weighted by Crippen LogP contribution is 2.34. The Bertz CT molecular complexity index is 730. The van der Waals surface area contributed by atoms with Crippen molar-refractivity contribution in [3.8, 4) is 5.69 Å². The summed E-state index contributed by atoms with van der Waals surface area (Å²) in [5.74, 6) is 0.305. The number of carbonyl (C=O) groups is 1. The molecule has 0 spiro atoms. The van der Waals surface area contributed by atoms with E-state index in [-0.39, 0.29) is 11.9 Å². The van der Waals surface area contributed by atoms with Crippen molar-refractivity contribution >= 4 is 12.2 Å². The standard InChI is InChI=1S/C16H19FN4O/c1-9-6-12(7-10(2)15(9)17)21-16(18)14-11(3)20(8-22)5-4-13(14)19-21/h6-8,11H,4-5,18H2,1-3H3/t11-/m0/s1. The van der Waals surface area contributed by atoms with Crippen molar-refractivity contribution in [1.29, 1.82) is 0 Å². The van der Waals surface area contributed by atoms with E-state index in [2.05, 4.69) is 5.10 Å². The van der Waals surface area contributed by atoms with E-state index in [1.165, 1.54) is 0 Å². The lowest BCUT2D eigenvalue weighted by Crippen LogP contribution is -2.32. The fourth-order valence-electron chi connectivity index (χ4n) is 3.11. The van der Waals surface area contributed by atoms with Gasteiger partial charge in [-0.3, -0.25) is 4.79 Å². The predicted octanol–water partition coefficient (Wildman–Crippen LogP) is 2.29. The van der Waals surface area contributed by atoms with E-state index >= 15 is 0 Å². The molecule has 0 fully saturated rings. The summed E-state index contributed by atoms with van der Waals surface area (Å²) in [7, 11) is 0. The molecule has 1 atom stereocenters. The number of amides is 1. The van der Waals surface area contributed by atoms with Crippen molar-refractivity contribution < 1.29 is 9.18 Å². The summed E-state index contributed by atoms with van der Waals surface area (Å²) in [6.45, 7) is 6.02. The molecule has 0 radical (unpaired) electrons. The van der Waals surface area contributed by atoms with Gasteiger partial charge >= 0.3 is 0 Å². The minimum absolute atomic E-state index is 0.0994. The lowest BCUT2D eigenvalue weighted by Gasteiger charge is -2.29. The van der Waals surface area contributed by atoms with Crippen LogP contribution < -0.4 is 5.73 Å². The second kappa shape index (κ2) is 5.12. The molecule has 2 heterocycles. The van der Waals surface area contributed by atoms with Gasteiger partial charge in [-0.15, -0.1) is 0 Å². The smallest absolute Gasteiger partial charge is 0.210 e. The van der Waals surface area contributed by atoms with E-state index in [4.69, 9.17) is 5.73 Å². The third-order valence-electron chi connectivity index (χ3n) is 4.36. The molecule has 1 aliphatic rings. The summed E-state index contributed by atoms with van der Waals surface area (Å²) < 4.78 is 15.5. The molecule has 2 aromatic rings. The van der Waals surface area contributed by atoms with Crippen LogP contribution in [-0.4, -0.2) is 27.6 Å². The Morgan fingerprint density at radius 2 is 2.00 bits per heavy atom. The topological polar surface area (TPSA) is 64.2 Å². The Hall–Kier alpha value is -2.37. The molecule has 1 amide bonds. The number of carbonyl (C=O) groups excluding carboxylic acids is 1. The predicted molar refractivity (Wildman–Crippen MR) is 82.3 cm³/mol. The van der Waals surface area contributed by atoms with Crippen molar-refractivity contribution in [1.82, 2.24) is 14.7 Å². The van der Waals surface area contributed by atoms with E-state index in [0.717, 1.165) is 23.4 Å². The lowest BCUT2D eigenvalue weighted by molar-refractivity contribution is -0.120. The number of nitrogens with zero attached hydrogens (tertiary/aromatic N) is 3. The minimum atomic E-state index is -0.209. The van der Waals surface area contributed by atoms with Crippen LogP contribution in [0.25, 0.3) is 5.69 Å². The molecular formula is C16H19FN4O. The van der Waals surface area contributed by atoms with Crippen molar-refractivity contribution in [3.05, 3.63) is 40.3 Å². The van der Waals surface area contributed by atoms with E-state index in [1.807, 2.05) is 6.92 Å². The normalized spacial score (nSPS) is 17.5. The van der Waals surface area contributed by atoms with Crippen LogP contribution >= 0.6 is 0 Å². The molecule has 0 unspecified atom stereocenters. The molecular weight excluding hydrogens is 283 g/mol. The van der Waals surface area contributed by atoms with Gasteiger partial charge in [0.2, 0.25) is 6.41 Å². The van der Waals surface area contributed by atoms with Gasteiger partial charge in [-0.2, -0.15) is 5.10 Å². The van der Waals surface area contributed by atoms with Crippen molar-refractivity contribution in [2.45, 2.75) is 33.2 Å². The van der Waals surface area contributed by atoms with Gasteiger partial charge in [0.15, 0.2) is 0 Å². The number of fused-ring (bicyclic) bond motifs is 1. The lowest BCUT2D eigenvalue weighted by atomic mass is 10.0. The first-order valence-electron chi connectivity index (χ1n) is 7.29. The highest BCUT2D eigenvalue weighted by molar-refractivity contribution is 5.57. The van der Waals surface area contributed by atoms with Crippen LogP contribution in [0.3, 0.4) is 0 Å². The molecule has 0 bridgehead atoms. The van der Waals surface area contributed by atoms with Crippen LogP contribution in [0.4, 0.5) is 10.2 Å². The van der Waals surface area contributed by atoms with Gasteiger partial charge in [0.1, 0.15) is 11.6 Å². The van der Waals surface area contributed by atoms with Crippen molar-refractivity contribution in [2.75, 3.05) is 12.3 Å². The molecule has 0 saturated carbocycles. The van der Waals surface area contributed by atoms with E-state index in [0.29, 0.717) is 29.9 Å². The number of nitrogens with two attached hydrogens (primary N) is 1. The van der Waals surface area contributed by atoms with Crippen LogP contribution in [0.5, 0.6) is 0 Å². The highest BCUT2D eigenvalue weighted by Gasteiger charge is 2.29. The van der Waals surface area contributed by atoms with Crippen LogP contribution in [0.2, 0.25) is 0 Å². The Labute approximate surface area is 128 Å². The Balaban J connectivity index is 2.13. The molecule has 1 aromatic carbocycles. The summed E-state index contributed by atoms with van der Waals surface area (Å²) >= 11 is 0. The number of aryl methyl sites for hydroxylation is 2. The van der Waals surface area contributed by atoms with Gasteiger partial charge in [-0.25, -0.2) is 9.07 Å². The molecule has 22 heavy (non-hydrogen) atoms. The zero-order valence-electron chi connectivity index (χ0n) is 12.9. The number of benzene rings is 1. The Kier molecular flexibility index (Phi) is 3.39. The average molecular weight is 302 g/mol. The number of anilines is 1. The number of hydrogen-bond acceptors (Lipinski definition) is 3. The minimum Gasteiger partial charge on any atom is -0.383 e. The zero-order chi connectivity index (χ0) is 16.0. The summed E-state index contributed by atoms with van der Waals surface area (Å²) in [5, 5.41) is 4.58. The van der Waals surface area contributed by atoms with Crippen molar-refractivity contribution in [2.24, 2.45) is 0 Å². The number of halogens is 1. The maximum absolute atomic E-state index is 13.8. The van der Waals surface area contributed by atoms with Gasteiger partial charge < -0.3 is 10.6 Å². The maximum atomic E-state index is 13.8. The van der Waals surface area contributed by atoms with E-state index in [1.54, 1.807) is 35.6 Å². The molecule has 1 aromatic heterocycles. The van der Waals surface area contributed by atoms with E-state index in [9.17, 15) is 9.18 Å². The van der Waals surface area contributed by atoms with Gasteiger partial charge in [0.05, 0.1) is 17.4 Å². The number of nitrogen functional groups attached to an aromatic ring is 1. The fourth-order valence-corrected chi connectivity index (χ4v) is 3.11. The summed E-state index contributed by atoms with van der Waals surface area (Å²) in [4.78, 5) is 12.8. The van der Waals surface area contributed by atoms with Crippen LogP contribution in [0.1, 0.15) is 35.3 Å². The SMILES string of the molecule is Cc1cc(-n2nc3c(c2N)[C@H](C)N(C=O)CC3)cc(C)c1F. The fraction of sp³-hybridized carbons (Fsp3) is 0.375. The van der Waals surface area contributed by atoms with Crippen molar-refractivity contribution in [3.63, 3.8) is 0 Å². The first-order chi connectivity index (χ1) is 10.4. The quantitative estimate of drug-likeness (QED) is 0.866. The molecule has 3 rings (SSSR count). The van der Waals surface area contributed by atoms with E-state index < -0.39 is 0 Å². The monoisotopic (exact) mass is 302 g/mol. The first-order valence-corrected chi connectivity index (χ1v) is 7.29. The number of aromatic nitrogens is 2.